The van der Waals surface area contributed by atoms with E-state index in [4.69, 9.17) is 4.74 Å². The first-order valence-electron chi connectivity index (χ1n) is 8.52. The summed E-state index contributed by atoms with van der Waals surface area (Å²) in [5.74, 6) is -0.125. The predicted molar refractivity (Wildman–Crippen MR) is 119 cm³/mol. The minimum atomic E-state index is -4.71. The number of rotatable bonds is 4. The third kappa shape index (κ3) is 4.43. The second-order valence-corrected chi connectivity index (χ2v) is 9.03. The first-order chi connectivity index (χ1) is 14.6. The zero-order valence-corrected chi connectivity index (χ0v) is 19.1. The average molecular weight is 574 g/mol. The molecule has 5 nitrogen and oxygen atoms in total. The number of fused-ring (bicyclic) bond motifs is 1. The van der Waals surface area contributed by atoms with Gasteiger partial charge in [-0.05, 0) is 68.3 Å². The molecule has 31 heavy (non-hydrogen) atoms. The Morgan fingerprint density at radius 3 is 2.32 bits per heavy atom. The van der Waals surface area contributed by atoms with Crippen molar-refractivity contribution in [3.63, 3.8) is 0 Å². The van der Waals surface area contributed by atoms with Crippen molar-refractivity contribution >= 4 is 59.1 Å². The number of aromatic nitrogens is 1. The molecule has 1 aromatic heterocycles. The second kappa shape index (κ2) is 8.21. The topological polar surface area (TPSA) is 65.3 Å². The molecule has 0 bridgehead atoms. The third-order valence-corrected chi connectivity index (χ3v) is 6.50. The number of thiazole rings is 1. The second-order valence-electron chi connectivity index (χ2n) is 6.30. The number of hydrogen-bond donors (Lipinski definition) is 0. The summed E-state index contributed by atoms with van der Waals surface area (Å²) >= 11 is 8.25. The number of alkyl halides is 3. The molecule has 0 spiro atoms. The van der Waals surface area contributed by atoms with Crippen molar-refractivity contribution in [2.45, 2.75) is 6.18 Å². The van der Waals surface area contributed by atoms with Crippen LogP contribution in [0.15, 0.2) is 63.5 Å². The van der Waals surface area contributed by atoms with Crippen molar-refractivity contribution < 1.29 is 22.8 Å². The van der Waals surface area contributed by atoms with Crippen molar-refractivity contribution in [1.82, 2.24) is 4.98 Å². The van der Waals surface area contributed by atoms with E-state index in [-0.39, 0.29) is 11.5 Å². The van der Waals surface area contributed by atoms with E-state index in [1.54, 1.807) is 12.1 Å². The Hall–Kier alpha value is -2.50. The molecular formula is C20H9Br2F3N2O3S. The van der Waals surface area contributed by atoms with Gasteiger partial charge in [-0.15, -0.1) is 11.3 Å². The van der Waals surface area contributed by atoms with Gasteiger partial charge in [0.15, 0.2) is 5.75 Å². The number of hydrogen-bond acceptors (Lipinski definition) is 5. The monoisotopic (exact) mass is 572 g/mol. The number of ether oxygens (including phenoxy) is 1. The van der Waals surface area contributed by atoms with Gasteiger partial charge in [0.25, 0.3) is 0 Å². The van der Waals surface area contributed by atoms with Crippen LogP contribution in [0.5, 0.6) is 11.5 Å². The zero-order chi connectivity index (χ0) is 22.3. The molecule has 0 saturated carbocycles. The Morgan fingerprint density at radius 1 is 1.03 bits per heavy atom. The molecule has 0 fully saturated rings. The Bertz CT molecular complexity index is 1270. The SMILES string of the molecule is O=[N+]([O-])c1cc(C(F)(F)F)ccc1Oc1c(Br)cc(-c2nc3ccccc3s2)cc1Br. The number of para-hydroxylation sites is 1. The van der Waals surface area contributed by atoms with Crippen molar-refractivity contribution in [2.24, 2.45) is 0 Å². The quantitative estimate of drug-likeness (QED) is 0.182. The molecule has 0 N–H and O–H groups in total. The summed E-state index contributed by atoms with van der Waals surface area (Å²) in [6.45, 7) is 0. The molecule has 4 aromatic rings. The first-order valence-corrected chi connectivity index (χ1v) is 10.9. The standard InChI is InChI=1S/C20H9Br2F3N2O3S/c21-12-7-10(19-26-14-3-1-2-4-17(14)31-19)8-13(22)18(12)30-16-6-5-11(20(23,24)25)9-15(16)27(28)29/h1-9H. The number of nitro benzene ring substituents is 1. The largest absolute Gasteiger partial charge is 0.448 e. The van der Waals surface area contributed by atoms with Gasteiger partial charge in [0.1, 0.15) is 5.01 Å². The normalized spacial score (nSPS) is 11.6. The average Bonchev–Trinajstić information content (AvgIpc) is 3.14. The molecule has 1 heterocycles. The maximum atomic E-state index is 12.9. The van der Waals surface area contributed by atoms with Gasteiger partial charge in [-0.1, -0.05) is 12.1 Å². The van der Waals surface area contributed by atoms with Gasteiger partial charge < -0.3 is 4.74 Å². The lowest BCUT2D eigenvalue weighted by atomic mass is 10.2. The number of nitrogens with zero attached hydrogens (tertiary/aromatic N) is 2. The summed E-state index contributed by atoms with van der Waals surface area (Å²) < 4.78 is 46.3. The maximum Gasteiger partial charge on any atom is 0.416 e. The van der Waals surface area contributed by atoms with Crippen molar-refractivity contribution in [2.75, 3.05) is 0 Å². The summed E-state index contributed by atoms with van der Waals surface area (Å²) in [5.41, 5.74) is -0.288. The van der Waals surface area contributed by atoms with E-state index in [2.05, 4.69) is 36.8 Å². The molecule has 158 valence electrons. The van der Waals surface area contributed by atoms with Crippen LogP contribution in [0.3, 0.4) is 0 Å². The number of nitro groups is 1. The van der Waals surface area contributed by atoms with Gasteiger partial charge in [-0.25, -0.2) is 4.98 Å². The van der Waals surface area contributed by atoms with E-state index >= 15 is 0 Å². The smallest absolute Gasteiger partial charge is 0.416 e. The molecule has 0 saturated heterocycles. The highest BCUT2D eigenvalue weighted by atomic mass is 79.9. The highest BCUT2D eigenvalue weighted by Crippen LogP contribution is 2.44. The lowest BCUT2D eigenvalue weighted by molar-refractivity contribution is -0.385. The molecule has 11 heteroatoms. The van der Waals surface area contributed by atoms with Crippen molar-refractivity contribution in [3.8, 4) is 22.1 Å². The fourth-order valence-corrected chi connectivity index (χ4v) is 5.11. The summed E-state index contributed by atoms with van der Waals surface area (Å²) in [6, 6.07) is 13.3. The Labute approximate surface area is 193 Å². The minimum Gasteiger partial charge on any atom is -0.448 e. The summed E-state index contributed by atoms with van der Waals surface area (Å²) in [7, 11) is 0. The van der Waals surface area contributed by atoms with Crippen molar-refractivity contribution in [3.05, 3.63) is 79.2 Å². The molecule has 0 aliphatic rings. The molecule has 4 rings (SSSR count). The van der Waals surface area contributed by atoms with E-state index in [0.717, 1.165) is 32.9 Å². The van der Waals surface area contributed by atoms with Gasteiger partial charge in [0.2, 0.25) is 5.75 Å². The molecule has 0 unspecified atom stereocenters. The van der Waals surface area contributed by atoms with Crippen LogP contribution in [-0.4, -0.2) is 9.91 Å². The van der Waals surface area contributed by atoms with Crippen LogP contribution in [0.2, 0.25) is 0 Å². The van der Waals surface area contributed by atoms with Gasteiger partial charge in [-0.2, -0.15) is 13.2 Å². The highest BCUT2D eigenvalue weighted by molar-refractivity contribution is 9.11. The van der Waals surface area contributed by atoms with E-state index in [0.29, 0.717) is 15.0 Å². The van der Waals surface area contributed by atoms with Crippen LogP contribution in [0.4, 0.5) is 18.9 Å². The molecular weight excluding hydrogens is 565 g/mol. The summed E-state index contributed by atoms with van der Waals surface area (Å²) in [6.07, 6.45) is -4.71. The summed E-state index contributed by atoms with van der Waals surface area (Å²) in [4.78, 5) is 15.0. The van der Waals surface area contributed by atoms with Crippen LogP contribution in [0.25, 0.3) is 20.8 Å². The van der Waals surface area contributed by atoms with E-state index in [9.17, 15) is 23.3 Å². The molecule has 3 aromatic carbocycles. The fraction of sp³-hybridized carbons (Fsp3) is 0.0500. The maximum absolute atomic E-state index is 12.9. The highest BCUT2D eigenvalue weighted by Gasteiger charge is 2.33. The van der Waals surface area contributed by atoms with Crippen LogP contribution < -0.4 is 4.74 Å². The minimum absolute atomic E-state index is 0.188. The van der Waals surface area contributed by atoms with Gasteiger partial charge in [0, 0.05) is 11.6 Å². The Kier molecular flexibility index (Phi) is 5.75. The Morgan fingerprint density at radius 2 is 1.71 bits per heavy atom. The predicted octanol–water partition coefficient (Wildman–Crippen LogP) is 8.21. The third-order valence-electron chi connectivity index (χ3n) is 4.23. The van der Waals surface area contributed by atoms with Gasteiger partial charge >= 0.3 is 11.9 Å². The van der Waals surface area contributed by atoms with Crippen LogP contribution in [-0.2, 0) is 6.18 Å². The molecule has 0 aliphatic carbocycles. The van der Waals surface area contributed by atoms with E-state index < -0.39 is 22.4 Å². The molecule has 0 aliphatic heterocycles. The van der Waals surface area contributed by atoms with Crippen LogP contribution in [0.1, 0.15) is 5.56 Å². The lowest BCUT2D eigenvalue weighted by Gasteiger charge is -2.13. The first kappa shape index (κ1) is 21.7. The van der Waals surface area contributed by atoms with E-state index in [1.807, 2.05) is 24.3 Å². The molecule has 0 atom stereocenters. The van der Waals surface area contributed by atoms with Gasteiger partial charge in [-0.3, -0.25) is 10.1 Å². The van der Waals surface area contributed by atoms with Gasteiger partial charge in [0.05, 0.1) is 29.6 Å². The zero-order valence-electron chi connectivity index (χ0n) is 15.1. The van der Waals surface area contributed by atoms with Crippen molar-refractivity contribution in [1.29, 1.82) is 0 Å². The molecule has 0 amide bonds. The van der Waals surface area contributed by atoms with Crippen LogP contribution >= 0.6 is 43.2 Å². The number of benzene rings is 3. The number of halogens is 5. The molecule has 0 radical (unpaired) electrons. The lowest BCUT2D eigenvalue weighted by Crippen LogP contribution is -2.06. The fourth-order valence-electron chi connectivity index (χ4n) is 2.81. The van der Waals surface area contributed by atoms with Crippen LogP contribution in [0, 0.1) is 10.1 Å². The Balaban J connectivity index is 1.72. The summed E-state index contributed by atoms with van der Waals surface area (Å²) in [5, 5.41) is 12.1. The van der Waals surface area contributed by atoms with E-state index in [1.165, 1.54) is 11.3 Å².